The van der Waals surface area contributed by atoms with E-state index in [1.165, 1.54) is 0 Å². The van der Waals surface area contributed by atoms with Crippen molar-refractivity contribution in [3.63, 3.8) is 0 Å². The second-order valence-corrected chi connectivity index (χ2v) is 6.42. The van der Waals surface area contributed by atoms with Crippen LogP contribution < -0.4 is 4.74 Å². The molecule has 1 aromatic carbocycles. The van der Waals surface area contributed by atoms with Crippen molar-refractivity contribution in [3.8, 4) is 11.5 Å². The summed E-state index contributed by atoms with van der Waals surface area (Å²) in [5, 5.41) is 9.96. The fraction of sp³-hybridized carbons (Fsp3) is 0.647. The number of phenolic OH excluding ortho intramolecular Hbond substituents is 1. The first-order valence-corrected chi connectivity index (χ1v) is 7.48. The topological polar surface area (TPSA) is 51.2 Å². The maximum absolute atomic E-state index is 9.96. The number of rotatable bonds is 7. The predicted octanol–water partition coefficient (Wildman–Crippen LogP) is 3.74. The number of ether oxygens (including phenoxy) is 3. The molecule has 1 N–H and O–H groups in total. The van der Waals surface area contributed by atoms with Crippen molar-refractivity contribution in [2.24, 2.45) is 0 Å². The van der Waals surface area contributed by atoms with Gasteiger partial charge in [-0.25, -0.2) is 0 Å². The number of phenols is 1. The van der Waals surface area contributed by atoms with Crippen LogP contribution in [0.2, 0.25) is 0 Å². The number of aryl methyl sites for hydroxylation is 1. The normalized spacial score (nSPS) is 21.1. The van der Waals surface area contributed by atoms with Crippen molar-refractivity contribution < 1.29 is 19.3 Å². The van der Waals surface area contributed by atoms with Gasteiger partial charge in [-0.2, -0.15) is 0 Å². The summed E-state index contributed by atoms with van der Waals surface area (Å²) in [5.41, 5.74) is 1.86. The monoisotopic (exact) mass is 294 g/mol. The predicted molar refractivity (Wildman–Crippen MR) is 81.9 cm³/mol. The van der Waals surface area contributed by atoms with Crippen molar-refractivity contribution in [1.29, 1.82) is 0 Å². The Morgan fingerprint density at radius 2 is 2.05 bits per heavy atom. The molecule has 0 aliphatic carbocycles. The average Bonchev–Trinajstić information content (AvgIpc) is 3.04. The molecule has 0 spiro atoms. The molecule has 1 aliphatic rings. The molecule has 0 amide bonds. The molecule has 2 rings (SSSR count). The minimum Gasteiger partial charge on any atom is -0.508 e. The van der Waals surface area contributed by atoms with Gasteiger partial charge in [0.15, 0.2) is 6.79 Å². The second kappa shape index (κ2) is 6.24. The van der Waals surface area contributed by atoms with Gasteiger partial charge in [-0.05, 0) is 57.2 Å². The van der Waals surface area contributed by atoms with E-state index in [0.717, 1.165) is 29.7 Å². The highest BCUT2D eigenvalue weighted by atomic mass is 16.7. The van der Waals surface area contributed by atoms with Crippen molar-refractivity contribution in [2.45, 2.75) is 58.2 Å². The van der Waals surface area contributed by atoms with E-state index >= 15 is 0 Å². The van der Waals surface area contributed by atoms with Gasteiger partial charge in [0, 0.05) is 12.7 Å². The lowest BCUT2D eigenvalue weighted by atomic mass is 9.92. The molecule has 0 aromatic heterocycles. The molecule has 1 saturated heterocycles. The van der Waals surface area contributed by atoms with E-state index in [2.05, 4.69) is 20.8 Å². The molecule has 2 atom stereocenters. The molecular formula is C17H26O4. The van der Waals surface area contributed by atoms with Crippen LogP contribution in [0.5, 0.6) is 11.5 Å². The van der Waals surface area contributed by atoms with Crippen LogP contribution in [0.15, 0.2) is 12.1 Å². The summed E-state index contributed by atoms with van der Waals surface area (Å²) < 4.78 is 16.3. The highest BCUT2D eigenvalue weighted by molar-refractivity contribution is 5.46. The molecule has 4 heteroatoms. The number of hydrogen-bond acceptors (Lipinski definition) is 4. The summed E-state index contributed by atoms with van der Waals surface area (Å²) in [5.74, 6) is 1.39. The molecule has 1 heterocycles. The van der Waals surface area contributed by atoms with Crippen LogP contribution in [0.1, 0.15) is 50.7 Å². The van der Waals surface area contributed by atoms with Crippen LogP contribution in [0, 0.1) is 6.92 Å². The van der Waals surface area contributed by atoms with Crippen LogP contribution in [0.3, 0.4) is 0 Å². The summed E-state index contributed by atoms with van der Waals surface area (Å²) in [7, 11) is 1.60. The first kappa shape index (κ1) is 16.1. The van der Waals surface area contributed by atoms with Gasteiger partial charge in [0.05, 0.1) is 11.7 Å². The minimum absolute atomic E-state index is 0.0323. The van der Waals surface area contributed by atoms with Gasteiger partial charge < -0.3 is 19.3 Å². The Morgan fingerprint density at radius 3 is 2.62 bits per heavy atom. The van der Waals surface area contributed by atoms with Gasteiger partial charge in [-0.1, -0.05) is 6.92 Å². The van der Waals surface area contributed by atoms with E-state index in [0.29, 0.717) is 17.8 Å². The Morgan fingerprint density at radius 1 is 1.38 bits per heavy atom. The second-order valence-electron chi connectivity index (χ2n) is 6.42. The van der Waals surface area contributed by atoms with Crippen LogP contribution in [-0.2, 0) is 9.47 Å². The maximum atomic E-state index is 9.96. The van der Waals surface area contributed by atoms with Gasteiger partial charge in [-0.15, -0.1) is 0 Å². The molecule has 0 radical (unpaired) electrons. The summed E-state index contributed by atoms with van der Waals surface area (Å²) in [6.45, 7) is 8.46. The number of epoxide rings is 1. The van der Waals surface area contributed by atoms with Crippen LogP contribution in [-0.4, -0.2) is 30.7 Å². The van der Waals surface area contributed by atoms with Gasteiger partial charge in [0.25, 0.3) is 0 Å². The van der Waals surface area contributed by atoms with E-state index in [-0.39, 0.29) is 12.4 Å². The molecule has 1 fully saturated rings. The number of hydrogen-bond donors (Lipinski definition) is 1. The smallest absolute Gasteiger partial charge is 0.188 e. The third-order valence-corrected chi connectivity index (χ3v) is 4.22. The summed E-state index contributed by atoms with van der Waals surface area (Å²) in [6.07, 6.45) is 2.37. The molecule has 4 nitrogen and oxygen atoms in total. The molecule has 0 bridgehead atoms. The average molecular weight is 294 g/mol. The molecule has 118 valence electrons. The van der Waals surface area contributed by atoms with Gasteiger partial charge in [0.2, 0.25) is 0 Å². The molecule has 1 aliphatic heterocycles. The number of methoxy groups -OCH3 is 1. The highest BCUT2D eigenvalue weighted by Gasteiger charge is 2.47. The number of aromatic hydroxyl groups is 1. The van der Waals surface area contributed by atoms with Crippen molar-refractivity contribution in [2.75, 3.05) is 13.9 Å². The molecular weight excluding hydrogens is 268 g/mol. The van der Waals surface area contributed by atoms with E-state index in [1.807, 2.05) is 19.1 Å². The molecule has 1 aromatic rings. The van der Waals surface area contributed by atoms with Crippen molar-refractivity contribution in [1.82, 2.24) is 0 Å². The Bertz CT molecular complexity index is 496. The largest absolute Gasteiger partial charge is 0.508 e. The Kier molecular flexibility index (Phi) is 4.79. The standard InChI is InChI=1S/C17H26O4/c1-11(6-7-16-17(3,4)21-16)13-9-14(18)12(2)8-15(13)20-10-19-5/h8-9,11,16,18H,6-7,10H2,1-5H3/t11-,16+/m0/s1. The van der Waals surface area contributed by atoms with Gasteiger partial charge in [0.1, 0.15) is 11.5 Å². The lowest BCUT2D eigenvalue weighted by Gasteiger charge is -2.18. The quantitative estimate of drug-likeness (QED) is 0.615. The molecule has 21 heavy (non-hydrogen) atoms. The Balaban J connectivity index is 2.07. The third-order valence-electron chi connectivity index (χ3n) is 4.22. The van der Waals surface area contributed by atoms with E-state index < -0.39 is 0 Å². The fourth-order valence-electron chi connectivity index (χ4n) is 2.61. The van der Waals surface area contributed by atoms with Crippen LogP contribution in [0.25, 0.3) is 0 Å². The Labute approximate surface area is 127 Å². The highest BCUT2D eigenvalue weighted by Crippen LogP contribution is 2.41. The van der Waals surface area contributed by atoms with Gasteiger partial charge in [-0.3, -0.25) is 0 Å². The first-order valence-electron chi connectivity index (χ1n) is 7.48. The molecule has 0 saturated carbocycles. The maximum Gasteiger partial charge on any atom is 0.188 e. The van der Waals surface area contributed by atoms with E-state index in [9.17, 15) is 5.11 Å². The molecule has 0 unspecified atom stereocenters. The summed E-state index contributed by atoms with van der Waals surface area (Å²) in [4.78, 5) is 0. The van der Waals surface area contributed by atoms with E-state index in [4.69, 9.17) is 14.2 Å². The lowest BCUT2D eigenvalue weighted by Crippen LogP contribution is -2.07. The summed E-state index contributed by atoms with van der Waals surface area (Å²) >= 11 is 0. The van der Waals surface area contributed by atoms with Crippen molar-refractivity contribution >= 4 is 0 Å². The van der Waals surface area contributed by atoms with Crippen LogP contribution in [0.4, 0.5) is 0 Å². The zero-order valence-corrected chi connectivity index (χ0v) is 13.6. The SMILES string of the molecule is COCOc1cc(C)c(O)cc1[C@@H](C)CC[C@H]1OC1(C)C. The van der Waals surface area contributed by atoms with Gasteiger partial charge >= 0.3 is 0 Å². The Hall–Kier alpha value is -1.26. The zero-order valence-electron chi connectivity index (χ0n) is 13.6. The summed E-state index contributed by atoms with van der Waals surface area (Å²) in [6, 6.07) is 3.68. The fourth-order valence-corrected chi connectivity index (χ4v) is 2.61. The lowest BCUT2D eigenvalue weighted by molar-refractivity contribution is 0.0501. The first-order chi connectivity index (χ1) is 9.85. The van der Waals surface area contributed by atoms with Crippen molar-refractivity contribution in [3.05, 3.63) is 23.3 Å². The van der Waals surface area contributed by atoms with Crippen LogP contribution >= 0.6 is 0 Å². The zero-order chi connectivity index (χ0) is 15.6. The number of benzene rings is 1. The minimum atomic E-state index is 0.0323. The third kappa shape index (κ3) is 3.89. The van der Waals surface area contributed by atoms with E-state index in [1.54, 1.807) is 7.11 Å².